The number of ether oxygens (including phenoxy) is 2. The van der Waals surface area contributed by atoms with Gasteiger partial charge in [0.1, 0.15) is 16.6 Å². The Kier molecular flexibility index (Phi) is 5.35. The van der Waals surface area contributed by atoms with E-state index in [-0.39, 0.29) is 0 Å². The van der Waals surface area contributed by atoms with Crippen LogP contribution in [0, 0.1) is 5.41 Å². The third-order valence-corrected chi connectivity index (χ3v) is 7.79. The van der Waals surface area contributed by atoms with Gasteiger partial charge in [0.25, 0.3) is 10.1 Å². The van der Waals surface area contributed by atoms with Crippen molar-refractivity contribution in [3.63, 3.8) is 0 Å². The van der Waals surface area contributed by atoms with Crippen LogP contribution in [0.1, 0.15) is 12.5 Å². The number of primary amides is 1. The summed E-state index contributed by atoms with van der Waals surface area (Å²) >= 11 is 1.43. The molecular weight excluding hydrogens is 454 g/mol. The van der Waals surface area contributed by atoms with E-state index < -0.39 is 26.7 Å². The van der Waals surface area contributed by atoms with E-state index in [1.807, 2.05) is 16.0 Å². The number of fused-ring (bicyclic) bond motifs is 1. The molecule has 0 aliphatic heterocycles. The van der Waals surface area contributed by atoms with Crippen LogP contribution in [-0.4, -0.2) is 47.9 Å². The number of carbonyl (C=O) groups is 1. The van der Waals surface area contributed by atoms with Crippen LogP contribution < -0.4 is 15.2 Å². The van der Waals surface area contributed by atoms with E-state index in [0.717, 1.165) is 10.5 Å². The standard InChI is InChI=1S/C21H21N3O6S2/c1-21(20(22)25)6-4-12(8-18(21)32(26,27)28)13-5-7-31-19(13)24-11-23-14-9-16(29-2)17(30-3)10-15(14)24/h4-11,18H,1-3H3,(H2,22,25)(H,26,27,28). The average molecular weight is 476 g/mol. The fraction of sp³-hybridized carbons (Fsp3) is 0.238. The maximum absolute atomic E-state index is 12.1. The van der Waals surface area contributed by atoms with Gasteiger partial charge in [-0.3, -0.25) is 13.9 Å². The van der Waals surface area contributed by atoms with Crippen molar-refractivity contribution in [3.8, 4) is 16.5 Å². The predicted molar refractivity (Wildman–Crippen MR) is 122 cm³/mol. The van der Waals surface area contributed by atoms with Gasteiger partial charge in [-0.2, -0.15) is 8.42 Å². The molecular formula is C21H21N3O6S2. The van der Waals surface area contributed by atoms with Crippen LogP contribution in [-0.2, 0) is 14.9 Å². The minimum Gasteiger partial charge on any atom is -0.493 e. The van der Waals surface area contributed by atoms with Gasteiger partial charge in [0, 0.05) is 17.7 Å². The van der Waals surface area contributed by atoms with Crippen LogP contribution >= 0.6 is 11.3 Å². The van der Waals surface area contributed by atoms with Crippen molar-refractivity contribution in [2.45, 2.75) is 12.2 Å². The molecule has 0 radical (unpaired) electrons. The van der Waals surface area contributed by atoms with Crippen molar-refractivity contribution < 1.29 is 27.2 Å². The monoisotopic (exact) mass is 475 g/mol. The van der Waals surface area contributed by atoms with Crippen LogP contribution in [0.15, 0.2) is 48.1 Å². The highest BCUT2D eigenvalue weighted by Crippen LogP contribution is 2.40. The second-order valence-electron chi connectivity index (χ2n) is 7.49. The van der Waals surface area contributed by atoms with Crippen molar-refractivity contribution in [1.29, 1.82) is 0 Å². The first-order chi connectivity index (χ1) is 15.1. The van der Waals surface area contributed by atoms with E-state index in [4.69, 9.17) is 15.2 Å². The molecule has 4 rings (SSSR count). The third kappa shape index (κ3) is 3.48. The number of carbonyl (C=O) groups excluding carboxylic acids is 1. The van der Waals surface area contributed by atoms with Gasteiger partial charge in [-0.15, -0.1) is 11.3 Å². The van der Waals surface area contributed by atoms with Crippen molar-refractivity contribution in [2.24, 2.45) is 11.1 Å². The SMILES string of the molecule is COc1cc2ncn(-c3sccc3C3=CC(S(=O)(=O)O)C(C)(C(N)=O)C=C3)c2cc1OC. The summed E-state index contributed by atoms with van der Waals surface area (Å²) in [5.74, 6) is 0.246. The van der Waals surface area contributed by atoms with E-state index in [9.17, 15) is 17.8 Å². The molecule has 2 aromatic heterocycles. The zero-order valence-electron chi connectivity index (χ0n) is 17.5. The van der Waals surface area contributed by atoms with E-state index >= 15 is 0 Å². The second kappa shape index (κ2) is 7.76. The first-order valence-corrected chi connectivity index (χ1v) is 11.8. The summed E-state index contributed by atoms with van der Waals surface area (Å²) in [6.07, 6.45) is 6.07. The van der Waals surface area contributed by atoms with Crippen LogP contribution in [0.2, 0.25) is 0 Å². The molecule has 0 bridgehead atoms. The highest BCUT2D eigenvalue weighted by atomic mass is 32.2. The van der Waals surface area contributed by atoms with Gasteiger partial charge in [0.15, 0.2) is 11.5 Å². The van der Waals surface area contributed by atoms with Gasteiger partial charge in [0.05, 0.1) is 30.7 Å². The normalized spacial score (nSPS) is 20.9. The molecule has 168 valence electrons. The molecule has 1 aromatic carbocycles. The van der Waals surface area contributed by atoms with Gasteiger partial charge in [0.2, 0.25) is 5.91 Å². The number of hydrogen-bond donors (Lipinski definition) is 2. The Bertz CT molecular complexity index is 1390. The molecule has 1 amide bonds. The Morgan fingerprint density at radius 1 is 1.28 bits per heavy atom. The maximum atomic E-state index is 12.1. The molecule has 3 aromatic rings. The summed E-state index contributed by atoms with van der Waals surface area (Å²) in [6, 6.07) is 5.40. The quantitative estimate of drug-likeness (QED) is 0.524. The minimum absolute atomic E-state index is 0.532. The number of amides is 1. The number of hydrogen-bond acceptors (Lipinski definition) is 7. The highest BCUT2D eigenvalue weighted by molar-refractivity contribution is 7.86. The molecule has 1 aliphatic rings. The number of allylic oxidation sites excluding steroid dienone is 2. The zero-order chi connectivity index (χ0) is 23.3. The Morgan fingerprint density at radius 3 is 2.59 bits per heavy atom. The van der Waals surface area contributed by atoms with E-state index in [0.29, 0.717) is 28.2 Å². The van der Waals surface area contributed by atoms with Crippen LogP contribution in [0.25, 0.3) is 21.6 Å². The number of nitrogens with zero attached hydrogens (tertiary/aromatic N) is 2. The summed E-state index contributed by atoms with van der Waals surface area (Å²) < 4.78 is 46.5. The molecule has 0 spiro atoms. The number of thiophene rings is 1. The summed E-state index contributed by atoms with van der Waals surface area (Å²) in [6.45, 7) is 1.38. The lowest BCUT2D eigenvalue weighted by Crippen LogP contribution is -2.46. The number of aromatic nitrogens is 2. The topological polar surface area (TPSA) is 134 Å². The van der Waals surface area contributed by atoms with Crippen molar-refractivity contribution in [2.75, 3.05) is 14.2 Å². The van der Waals surface area contributed by atoms with Crippen molar-refractivity contribution in [1.82, 2.24) is 9.55 Å². The lowest BCUT2D eigenvalue weighted by molar-refractivity contribution is -0.124. The summed E-state index contributed by atoms with van der Waals surface area (Å²) in [7, 11) is -1.50. The first-order valence-electron chi connectivity index (χ1n) is 9.44. The molecule has 3 N–H and O–H groups in total. The fourth-order valence-electron chi connectivity index (χ4n) is 3.75. The Hall–Kier alpha value is -3.15. The Labute approximate surface area is 188 Å². The van der Waals surface area contributed by atoms with Crippen LogP contribution in [0.5, 0.6) is 11.5 Å². The largest absolute Gasteiger partial charge is 0.493 e. The van der Waals surface area contributed by atoms with Gasteiger partial charge >= 0.3 is 0 Å². The number of benzene rings is 1. The van der Waals surface area contributed by atoms with Crippen LogP contribution in [0.4, 0.5) is 0 Å². The molecule has 0 saturated carbocycles. The Morgan fingerprint density at radius 2 is 1.97 bits per heavy atom. The van der Waals surface area contributed by atoms with Gasteiger partial charge in [-0.1, -0.05) is 18.2 Å². The predicted octanol–water partition coefficient (Wildman–Crippen LogP) is 2.81. The molecule has 2 unspecified atom stereocenters. The summed E-state index contributed by atoms with van der Waals surface area (Å²) in [4.78, 5) is 16.4. The van der Waals surface area contributed by atoms with E-state index in [2.05, 4.69) is 4.98 Å². The van der Waals surface area contributed by atoms with Crippen molar-refractivity contribution in [3.05, 3.63) is 53.7 Å². The fourth-order valence-corrected chi connectivity index (χ4v) is 5.79. The third-order valence-electron chi connectivity index (χ3n) is 5.61. The zero-order valence-corrected chi connectivity index (χ0v) is 19.1. The van der Waals surface area contributed by atoms with Gasteiger partial charge in [-0.05, 0) is 23.9 Å². The minimum atomic E-state index is -4.60. The first kappa shape index (κ1) is 22.1. The maximum Gasteiger partial charge on any atom is 0.272 e. The lowest BCUT2D eigenvalue weighted by Gasteiger charge is -2.31. The smallest absolute Gasteiger partial charge is 0.272 e. The molecule has 0 fully saturated rings. The molecule has 11 heteroatoms. The van der Waals surface area contributed by atoms with Crippen LogP contribution in [0.3, 0.4) is 0 Å². The van der Waals surface area contributed by atoms with E-state index in [1.165, 1.54) is 30.4 Å². The average Bonchev–Trinajstić information content (AvgIpc) is 3.38. The highest BCUT2D eigenvalue weighted by Gasteiger charge is 2.45. The summed E-state index contributed by atoms with van der Waals surface area (Å²) in [5.41, 5.74) is 6.57. The molecule has 32 heavy (non-hydrogen) atoms. The molecule has 1 aliphatic carbocycles. The van der Waals surface area contributed by atoms with Crippen molar-refractivity contribution >= 4 is 44.0 Å². The van der Waals surface area contributed by atoms with Gasteiger partial charge in [-0.25, -0.2) is 4.98 Å². The summed E-state index contributed by atoms with van der Waals surface area (Å²) in [5, 5.41) is 1.12. The van der Waals surface area contributed by atoms with Gasteiger partial charge < -0.3 is 15.2 Å². The molecule has 0 saturated heterocycles. The number of methoxy groups -OCH3 is 2. The van der Waals surface area contributed by atoms with E-state index in [1.54, 1.807) is 38.8 Å². The second-order valence-corrected chi connectivity index (χ2v) is 9.92. The lowest BCUT2D eigenvalue weighted by atomic mass is 9.80. The number of imidazole rings is 1. The molecule has 9 nitrogen and oxygen atoms in total. The Balaban J connectivity index is 1.86. The molecule has 2 heterocycles. The molecule has 2 atom stereocenters. The number of nitrogens with two attached hydrogens (primary N) is 1. The number of rotatable bonds is 6.